The van der Waals surface area contributed by atoms with Crippen LogP contribution in [0.1, 0.15) is 25.3 Å². The first-order valence-corrected chi connectivity index (χ1v) is 13.2. The molecule has 2 aromatic carbocycles. The molecule has 1 amide bonds. The van der Waals surface area contributed by atoms with Gasteiger partial charge in [0.1, 0.15) is 5.75 Å². The number of nitrogens with one attached hydrogen (secondary N) is 1. The summed E-state index contributed by atoms with van der Waals surface area (Å²) in [7, 11) is -2.15. The van der Waals surface area contributed by atoms with E-state index < -0.39 is 15.9 Å². The van der Waals surface area contributed by atoms with Crippen LogP contribution in [-0.4, -0.2) is 43.8 Å². The van der Waals surface area contributed by atoms with Gasteiger partial charge in [-0.1, -0.05) is 31.2 Å². The van der Waals surface area contributed by atoms with E-state index in [1.54, 1.807) is 12.1 Å². The third-order valence-electron chi connectivity index (χ3n) is 5.84. The van der Waals surface area contributed by atoms with Gasteiger partial charge in [-0.05, 0) is 49.1 Å². The molecule has 174 valence electrons. The number of methoxy groups -OCH3 is 1. The predicted octanol–water partition coefficient (Wildman–Crippen LogP) is 4.42. The van der Waals surface area contributed by atoms with E-state index in [4.69, 9.17) is 4.74 Å². The normalized spacial score (nSPS) is 17.0. The van der Waals surface area contributed by atoms with Crippen LogP contribution in [0.5, 0.6) is 5.75 Å². The Balaban J connectivity index is 1.42. The van der Waals surface area contributed by atoms with E-state index in [0.29, 0.717) is 30.3 Å². The summed E-state index contributed by atoms with van der Waals surface area (Å²) in [5.41, 5.74) is 3.07. The lowest BCUT2D eigenvalue weighted by atomic mass is 9.99. The van der Waals surface area contributed by atoms with Crippen molar-refractivity contribution in [3.05, 3.63) is 59.5 Å². The molecule has 4 rings (SSSR count). The lowest BCUT2D eigenvalue weighted by Crippen LogP contribution is -2.43. The fourth-order valence-electron chi connectivity index (χ4n) is 3.85. The molecule has 2 heterocycles. The quantitative estimate of drug-likeness (QED) is 0.535. The Morgan fingerprint density at radius 3 is 2.58 bits per heavy atom. The number of carbonyl (C=O) groups is 1. The number of amides is 1. The molecule has 0 radical (unpaired) electrons. The Hall–Kier alpha value is -2.75. The number of nitrogens with zero attached hydrogens (tertiary/aromatic N) is 2. The van der Waals surface area contributed by atoms with Crippen LogP contribution < -0.4 is 10.1 Å². The Morgan fingerprint density at radius 1 is 1.18 bits per heavy atom. The fourth-order valence-corrected chi connectivity index (χ4v) is 6.10. The first kappa shape index (κ1) is 23.4. The van der Waals surface area contributed by atoms with E-state index >= 15 is 0 Å². The van der Waals surface area contributed by atoms with E-state index in [1.165, 1.54) is 40.4 Å². The van der Waals surface area contributed by atoms with E-state index in [2.05, 4.69) is 29.4 Å². The summed E-state index contributed by atoms with van der Waals surface area (Å²) in [6, 6.07) is 14.5. The standard InChI is InChI=1S/C24H27N3O4S2/c1-3-17-6-8-18(9-7-17)22-16-32-24(25-22)26-23(28)19-5-4-14-27(15-19)33(29,30)21-12-10-20(31-2)11-13-21/h6-13,16,19H,3-5,14-15H2,1-2H3,(H,25,26,28). The van der Waals surface area contributed by atoms with Crippen LogP contribution in [-0.2, 0) is 21.2 Å². The molecule has 1 unspecified atom stereocenters. The van der Waals surface area contributed by atoms with E-state index in [0.717, 1.165) is 17.7 Å². The second kappa shape index (κ2) is 10.0. The number of benzene rings is 2. The van der Waals surface area contributed by atoms with E-state index in [-0.39, 0.29) is 17.3 Å². The van der Waals surface area contributed by atoms with Gasteiger partial charge in [0.15, 0.2) is 5.13 Å². The summed E-state index contributed by atoms with van der Waals surface area (Å²) < 4.78 is 32.6. The number of thiazole rings is 1. The maximum Gasteiger partial charge on any atom is 0.243 e. The zero-order valence-corrected chi connectivity index (χ0v) is 20.3. The van der Waals surface area contributed by atoms with Crippen LogP contribution in [0.25, 0.3) is 11.3 Å². The highest BCUT2D eigenvalue weighted by atomic mass is 32.2. The maximum absolute atomic E-state index is 13.1. The van der Waals surface area contributed by atoms with Crippen molar-refractivity contribution in [3.8, 4) is 17.0 Å². The Kier molecular flexibility index (Phi) is 7.11. The van der Waals surface area contributed by atoms with Gasteiger partial charge in [-0.15, -0.1) is 11.3 Å². The monoisotopic (exact) mass is 485 g/mol. The van der Waals surface area contributed by atoms with Crippen molar-refractivity contribution in [1.29, 1.82) is 0 Å². The zero-order valence-electron chi connectivity index (χ0n) is 18.7. The van der Waals surface area contributed by atoms with Gasteiger partial charge in [-0.2, -0.15) is 4.31 Å². The highest BCUT2D eigenvalue weighted by molar-refractivity contribution is 7.89. The molecule has 1 aromatic heterocycles. The van der Waals surface area contributed by atoms with Gasteiger partial charge in [-0.3, -0.25) is 4.79 Å². The number of hydrogen-bond acceptors (Lipinski definition) is 6. The molecular weight excluding hydrogens is 458 g/mol. The molecule has 7 nitrogen and oxygen atoms in total. The zero-order chi connectivity index (χ0) is 23.4. The lowest BCUT2D eigenvalue weighted by molar-refractivity contribution is -0.120. The minimum Gasteiger partial charge on any atom is -0.497 e. The Bertz CT molecular complexity index is 1210. The Morgan fingerprint density at radius 2 is 1.91 bits per heavy atom. The molecule has 0 bridgehead atoms. The van der Waals surface area contributed by atoms with E-state index in [9.17, 15) is 13.2 Å². The average molecular weight is 486 g/mol. The Labute approximate surface area is 198 Å². The smallest absolute Gasteiger partial charge is 0.243 e. The van der Waals surface area contributed by atoms with Crippen LogP contribution in [0.2, 0.25) is 0 Å². The largest absolute Gasteiger partial charge is 0.497 e. The van der Waals surface area contributed by atoms with Gasteiger partial charge in [0, 0.05) is 24.0 Å². The van der Waals surface area contributed by atoms with Crippen molar-refractivity contribution in [1.82, 2.24) is 9.29 Å². The summed E-state index contributed by atoms with van der Waals surface area (Å²) in [5.74, 6) is -0.0382. The molecule has 1 N–H and O–H groups in total. The minimum absolute atomic E-state index is 0.150. The molecule has 0 aliphatic carbocycles. The SMILES string of the molecule is CCc1ccc(-c2csc(NC(=O)C3CCCN(S(=O)(=O)c4ccc(OC)cc4)C3)n2)cc1. The molecule has 0 spiro atoms. The highest BCUT2D eigenvalue weighted by Gasteiger charge is 2.33. The number of aromatic nitrogens is 1. The fraction of sp³-hybridized carbons (Fsp3) is 0.333. The van der Waals surface area contributed by atoms with Gasteiger partial charge >= 0.3 is 0 Å². The first-order chi connectivity index (χ1) is 15.9. The van der Waals surface area contributed by atoms with Crippen LogP contribution in [0.3, 0.4) is 0 Å². The third kappa shape index (κ3) is 5.26. The summed E-state index contributed by atoms with van der Waals surface area (Å²) in [6.45, 7) is 2.66. The van der Waals surface area contributed by atoms with Gasteiger partial charge in [0.2, 0.25) is 15.9 Å². The molecule has 3 aromatic rings. The van der Waals surface area contributed by atoms with Gasteiger partial charge in [0.05, 0.1) is 23.6 Å². The number of carbonyl (C=O) groups excluding carboxylic acids is 1. The van der Waals surface area contributed by atoms with Gasteiger partial charge < -0.3 is 10.1 Å². The number of piperidine rings is 1. The van der Waals surface area contributed by atoms with Gasteiger partial charge in [-0.25, -0.2) is 13.4 Å². The number of ether oxygens (including phenoxy) is 1. The molecule has 1 atom stereocenters. The van der Waals surface area contributed by atoms with Crippen molar-refractivity contribution >= 4 is 32.4 Å². The molecule has 1 fully saturated rings. The molecule has 1 aliphatic rings. The number of hydrogen-bond donors (Lipinski definition) is 1. The molecule has 33 heavy (non-hydrogen) atoms. The second-order valence-electron chi connectivity index (χ2n) is 7.96. The number of rotatable bonds is 7. The summed E-state index contributed by atoms with van der Waals surface area (Å²) >= 11 is 1.37. The number of anilines is 1. The van der Waals surface area contributed by atoms with Crippen LogP contribution in [0.4, 0.5) is 5.13 Å². The van der Waals surface area contributed by atoms with Crippen molar-refractivity contribution < 1.29 is 17.9 Å². The predicted molar refractivity (Wildman–Crippen MR) is 130 cm³/mol. The number of aryl methyl sites for hydroxylation is 1. The topological polar surface area (TPSA) is 88.6 Å². The lowest BCUT2D eigenvalue weighted by Gasteiger charge is -2.31. The first-order valence-electron chi connectivity index (χ1n) is 10.9. The molecule has 0 saturated carbocycles. The summed E-state index contributed by atoms with van der Waals surface area (Å²) in [4.78, 5) is 17.6. The average Bonchev–Trinajstić information content (AvgIpc) is 3.32. The highest BCUT2D eigenvalue weighted by Crippen LogP contribution is 2.28. The minimum atomic E-state index is -3.68. The molecule has 1 saturated heterocycles. The molecule has 9 heteroatoms. The number of sulfonamides is 1. The summed E-state index contributed by atoms with van der Waals surface area (Å²) in [5, 5.41) is 5.31. The van der Waals surface area contributed by atoms with Crippen molar-refractivity contribution in [2.45, 2.75) is 31.1 Å². The van der Waals surface area contributed by atoms with Crippen LogP contribution in [0.15, 0.2) is 58.8 Å². The van der Waals surface area contributed by atoms with Crippen molar-refractivity contribution in [2.75, 3.05) is 25.5 Å². The molecule has 1 aliphatic heterocycles. The van der Waals surface area contributed by atoms with Crippen LogP contribution >= 0.6 is 11.3 Å². The van der Waals surface area contributed by atoms with E-state index in [1.807, 2.05) is 17.5 Å². The van der Waals surface area contributed by atoms with Crippen molar-refractivity contribution in [3.63, 3.8) is 0 Å². The van der Waals surface area contributed by atoms with Gasteiger partial charge in [0.25, 0.3) is 0 Å². The molecular formula is C24H27N3O4S2. The van der Waals surface area contributed by atoms with Crippen LogP contribution in [0, 0.1) is 5.92 Å². The van der Waals surface area contributed by atoms with Crippen molar-refractivity contribution in [2.24, 2.45) is 5.92 Å². The third-order valence-corrected chi connectivity index (χ3v) is 8.48. The summed E-state index contributed by atoms with van der Waals surface area (Å²) in [6.07, 6.45) is 2.24. The second-order valence-corrected chi connectivity index (χ2v) is 10.8. The maximum atomic E-state index is 13.1.